The third-order valence-corrected chi connectivity index (χ3v) is 3.90. The van der Waals surface area contributed by atoms with Gasteiger partial charge in [0, 0.05) is 11.4 Å². The number of thiocarbonyl (C=S) groups is 1. The molecule has 0 saturated carbocycles. The molecule has 94 valence electrons. The first kappa shape index (κ1) is 14.6. The molecular formula is C14H21NS2. The molecule has 3 heteroatoms. The summed E-state index contributed by atoms with van der Waals surface area (Å²) in [6.45, 7) is 0.863. The number of thiophene rings is 1. The van der Waals surface area contributed by atoms with Gasteiger partial charge >= 0.3 is 0 Å². The van der Waals surface area contributed by atoms with Crippen molar-refractivity contribution in [2.24, 2.45) is 4.99 Å². The quantitative estimate of drug-likeness (QED) is 0.325. The Morgan fingerprint density at radius 3 is 2.41 bits per heavy atom. The van der Waals surface area contributed by atoms with Crippen molar-refractivity contribution in [3.63, 3.8) is 0 Å². The van der Waals surface area contributed by atoms with Crippen LogP contribution < -0.4 is 0 Å². The smallest absolute Gasteiger partial charge is 0.0584 e. The van der Waals surface area contributed by atoms with Crippen molar-refractivity contribution in [1.29, 1.82) is 0 Å². The van der Waals surface area contributed by atoms with Crippen molar-refractivity contribution in [2.75, 3.05) is 6.54 Å². The predicted octanol–water partition coefficient (Wildman–Crippen LogP) is 5.12. The van der Waals surface area contributed by atoms with Gasteiger partial charge in [-0.25, -0.2) is 4.99 Å². The van der Waals surface area contributed by atoms with Gasteiger partial charge in [0.15, 0.2) is 0 Å². The summed E-state index contributed by atoms with van der Waals surface area (Å²) in [5.74, 6) is 0. The van der Waals surface area contributed by atoms with E-state index in [-0.39, 0.29) is 0 Å². The summed E-state index contributed by atoms with van der Waals surface area (Å²) in [5.41, 5.74) is 0. The Balaban J connectivity index is 1.80. The highest BCUT2D eigenvalue weighted by molar-refractivity contribution is 7.78. The molecule has 0 aliphatic carbocycles. The van der Waals surface area contributed by atoms with Crippen LogP contribution >= 0.6 is 23.6 Å². The van der Waals surface area contributed by atoms with Crippen LogP contribution in [-0.4, -0.2) is 11.7 Å². The van der Waals surface area contributed by atoms with Gasteiger partial charge in [-0.2, -0.15) is 0 Å². The monoisotopic (exact) mass is 267 g/mol. The number of isothiocyanates is 1. The van der Waals surface area contributed by atoms with Crippen molar-refractivity contribution in [3.8, 4) is 0 Å². The summed E-state index contributed by atoms with van der Waals surface area (Å²) in [6, 6.07) is 4.38. The van der Waals surface area contributed by atoms with Gasteiger partial charge in [-0.15, -0.1) is 11.3 Å². The van der Waals surface area contributed by atoms with Crippen LogP contribution in [0.3, 0.4) is 0 Å². The number of nitrogens with zero attached hydrogens (tertiary/aromatic N) is 1. The Kier molecular flexibility index (Phi) is 9.11. The van der Waals surface area contributed by atoms with E-state index < -0.39 is 0 Å². The molecule has 1 rings (SSSR count). The number of aryl methyl sites for hydroxylation is 1. The fourth-order valence-corrected chi connectivity index (χ4v) is 2.72. The molecule has 0 N–H and O–H groups in total. The fourth-order valence-electron chi connectivity index (χ4n) is 1.87. The van der Waals surface area contributed by atoms with Gasteiger partial charge in [-0.3, -0.25) is 0 Å². The van der Waals surface area contributed by atoms with Crippen molar-refractivity contribution >= 4 is 28.7 Å². The van der Waals surface area contributed by atoms with Crippen LogP contribution in [0.2, 0.25) is 0 Å². The summed E-state index contributed by atoms with van der Waals surface area (Å²) < 4.78 is 0. The first-order valence-corrected chi connectivity index (χ1v) is 7.78. The zero-order valence-electron chi connectivity index (χ0n) is 10.4. The largest absolute Gasteiger partial charge is 0.233 e. The fraction of sp³-hybridized carbons (Fsp3) is 0.643. The minimum Gasteiger partial charge on any atom is -0.233 e. The molecule has 1 heterocycles. The summed E-state index contributed by atoms with van der Waals surface area (Å²) in [6.07, 6.45) is 10.5. The third-order valence-electron chi connectivity index (χ3n) is 2.84. The van der Waals surface area contributed by atoms with Crippen LogP contribution in [-0.2, 0) is 6.42 Å². The first-order chi connectivity index (χ1) is 8.43. The molecule has 17 heavy (non-hydrogen) atoms. The van der Waals surface area contributed by atoms with Crippen molar-refractivity contribution < 1.29 is 0 Å². The number of hydrogen-bond donors (Lipinski definition) is 0. The first-order valence-electron chi connectivity index (χ1n) is 6.49. The molecule has 0 fully saturated rings. The molecule has 0 aliphatic rings. The Hall–Kier alpha value is -0.500. The van der Waals surface area contributed by atoms with Crippen LogP contribution in [0.1, 0.15) is 49.8 Å². The van der Waals surface area contributed by atoms with Crippen LogP contribution in [0.15, 0.2) is 22.5 Å². The SMILES string of the molecule is S=C=NCCCCCCCCCc1cccs1. The van der Waals surface area contributed by atoms with Gasteiger partial charge < -0.3 is 0 Å². The Morgan fingerprint density at radius 1 is 1.06 bits per heavy atom. The maximum atomic E-state index is 4.52. The standard InChI is InChI=1S/C14H21NS2/c16-13-15-11-7-5-3-1-2-4-6-9-14-10-8-12-17-14/h8,10,12H,1-7,9,11H2. The summed E-state index contributed by atoms with van der Waals surface area (Å²) in [7, 11) is 0. The van der Waals surface area contributed by atoms with E-state index in [0.29, 0.717) is 0 Å². The van der Waals surface area contributed by atoms with E-state index in [0.717, 1.165) is 6.54 Å². The lowest BCUT2D eigenvalue weighted by Gasteiger charge is -2.00. The number of hydrogen-bond acceptors (Lipinski definition) is 3. The van der Waals surface area contributed by atoms with E-state index in [2.05, 4.69) is 39.9 Å². The van der Waals surface area contributed by atoms with Gasteiger partial charge in [0.25, 0.3) is 0 Å². The zero-order valence-corrected chi connectivity index (χ0v) is 12.0. The van der Waals surface area contributed by atoms with Gasteiger partial charge in [0.05, 0.1) is 5.16 Å². The molecule has 0 radical (unpaired) electrons. The van der Waals surface area contributed by atoms with Crippen LogP contribution in [0, 0.1) is 0 Å². The maximum absolute atomic E-state index is 4.52. The molecule has 0 unspecified atom stereocenters. The minimum absolute atomic E-state index is 0.863. The van der Waals surface area contributed by atoms with E-state index in [1.165, 1.54) is 56.2 Å². The molecular weight excluding hydrogens is 246 g/mol. The number of unbranched alkanes of at least 4 members (excludes halogenated alkanes) is 6. The average Bonchev–Trinajstić information content (AvgIpc) is 2.85. The number of aliphatic imine (C=N–C) groups is 1. The lowest BCUT2D eigenvalue weighted by atomic mass is 10.1. The molecule has 0 atom stereocenters. The highest BCUT2D eigenvalue weighted by Gasteiger charge is 1.94. The molecule has 0 saturated heterocycles. The molecule has 1 aromatic rings. The molecule has 0 aliphatic heterocycles. The lowest BCUT2D eigenvalue weighted by Crippen LogP contribution is -1.85. The normalized spacial score (nSPS) is 10.1. The summed E-state index contributed by atoms with van der Waals surface area (Å²) in [4.78, 5) is 5.44. The van der Waals surface area contributed by atoms with E-state index in [1.807, 2.05) is 11.3 Å². The Morgan fingerprint density at radius 2 is 1.76 bits per heavy atom. The molecule has 0 aromatic carbocycles. The highest BCUT2D eigenvalue weighted by atomic mass is 32.1. The third kappa shape index (κ3) is 8.25. The van der Waals surface area contributed by atoms with E-state index in [9.17, 15) is 0 Å². The topological polar surface area (TPSA) is 12.4 Å². The van der Waals surface area contributed by atoms with Crippen LogP contribution in [0.4, 0.5) is 0 Å². The Bertz CT molecular complexity index is 313. The molecule has 0 bridgehead atoms. The predicted molar refractivity (Wildman–Crippen MR) is 80.2 cm³/mol. The van der Waals surface area contributed by atoms with Gasteiger partial charge in [0.2, 0.25) is 0 Å². The zero-order chi connectivity index (χ0) is 12.2. The summed E-state index contributed by atoms with van der Waals surface area (Å²) in [5, 5.41) is 4.57. The molecule has 0 spiro atoms. The van der Waals surface area contributed by atoms with Gasteiger partial charge in [-0.05, 0) is 42.9 Å². The van der Waals surface area contributed by atoms with Crippen molar-refractivity contribution in [3.05, 3.63) is 22.4 Å². The van der Waals surface area contributed by atoms with Gasteiger partial charge in [0.1, 0.15) is 0 Å². The number of rotatable bonds is 10. The molecule has 1 nitrogen and oxygen atoms in total. The maximum Gasteiger partial charge on any atom is 0.0584 e. The molecule has 1 aromatic heterocycles. The minimum atomic E-state index is 0.863. The van der Waals surface area contributed by atoms with Crippen LogP contribution in [0.5, 0.6) is 0 Å². The highest BCUT2D eigenvalue weighted by Crippen LogP contribution is 2.14. The lowest BCUT2D eigenvalue weighted by molar-refractivity contribution is 0.583. The van der Waals surface area contributed by atoms with Crippen LogP contribution in [0.25, 0.3) is 0 Å². The summed E-state index contributed by atoms with van der Waals surface area (Å²) >= 11 is 6.40. The van der Waals surface area contributed by atoms with Crippen molar-refractivity contribution in [1.82, 2.24) is 0 Å². The Labute approximate surface area is 114 Å². The molecule has 0 amide bonds. The van der Waals surface area contributed by atoms with E-state index >= 15 is 0 Å². The van der Waals surface area contributed by atoms with Gasteiger partial charge in [-0.1, -0.05) is 38.2 Å². The average molecular weight is 267 g/mol. The second-order valence-corrected chi connectivity index (χ2v) is 5.49. The second-order valence-electron chi connectivity index (χ2n) is 4.28. The van der Waals surface area contributed by atoms with Crippen molar-refractivity contribution in [2.45, 2.75) is 51.4 Å². The second kappa shape index (κ2) is 10.6. The van der Waals surface area contributed by atoms with E-state index in [4.69, 9.17) is 0 Å². The van der Waals surface area contributed by atoms with E-state index in [1.54, 1.807) is 0 Å².